The summed E-state index contributed by atoms with van der Waals surface area (Å²) in [6.07, 6.45) is 4.19. The lowest BCUT2D eigenvalue weighted by Gasteiger charge is -2.32. The molecule has 0 bridgehead atoms. The van der Waals surface area contributed by atoms with Crippen LogP contribution in [0.1, 0.15) is 82.7 Å². The van der Waals surface area contributed by atoms with Gasteiger partial charge < -0.3 is 10.6 Å². The van der Waals surface area contributed by atoms with Crippen molar-refractivity contribution < 1.29 is 9.59 Å². The summed E-state index contributed by atoms with van der Waals surface area (Å²) in [6.45, 7) is 6.59. The minimum Gasteiger partial charge on any atom is -0.349 e. The van der Waals surface area contributed by atoms with E-state index in [4.69, 9.17) is 0 Å². The number of rotatable bonds is 7. The highest BCUT2D eigenvalue weighted by molar-refractivity contribution is 5.94. The fraction of sp³-hybridized carbons (Fsp3) is 0.355. The zero-order chi connectivity index (χ0) is 24.8. The Morgan fingerprint density at radius 3 is 2.31 bits per heavy atom. The van der Waals surface area contributed by atoms with Crippen LogP contribution in [0.25, 0.3) is 0 Å². The van der Waals surface area contributed by atoms with Gasteiger partial charge in [0.25, 0.3) is 5.91 Å². The normalized spacial score (nSPS) is 18.5. The van der Waals surface area contributed by atoms with Crippen molar-refractivity contribution in [2.45, 2.75) is 65.0 Å². The third-order valence-electron chi connectivity index (χ3n) is 7.39. The molecule has 0 heterocycles. The number of nitrogens with one attached hydrogen (secondary N) is 2. The van der Waals surface area contributed by atoms with Gasteiger partial charge in [-0.15, -0.1) is 0 Å². The van der Waals surface area contributed by atoms with E-state index in [2.05, 4.69) is 47.0 Å². The van der Waals surface area contributed by atoms with Crippen molar-refractivity contribution in [1.29, 1.82) is 0 Å². The van der Waals surface area contributed by atoms with Crippen LogP contribution in [0.3, 0.4) is 0 Å². The van der Waals surface area contributed by atoms with Gasteiger partial charge in [0.2, 0.25) is 5.91 Å². The van der Waals surface area contributed by atoms with Crippen molar-refractivity contribution in [1.82, 2.24) is 10.6 Å². The number of amides is 2. The van der Waals surface area contributed by atoms with Crippen LogP contribution in [0.4, 0.5) is 0 Å². The predicted molar refractivity (Wildman–Crippen MR) is 141 cm³/mol. The smallest absolute Gasteiger partial charge is 0.251 e. The van der Waals surface area contributed by atoms with Crippen molar-refractivity contribution in [2.24, 2.45) is 5.92 Å². The van der Waals surface area contributed by atoms with Gasteiger partial charge in [-0.3, -0.25) is 9.59 Å². The van der Waals surface area contributed by atoms with E-state index in [9.17, 15) is 9.59 Å². The molecule has 1 fully saturated rings. The van der Waals surface area contributed by atoms with Gasteiger partial charge in [0.1, 0.15) is 0 Å². The molecule has 2 unspecified atom stereocenters. The Balaban J connectivity index is 1.38. The Labute approximate surface area is 209 Å². The molecule has 1 aliphatic rings. The monoisotopic (exact) mass is 468 g/mol. The third-order valence-corrected chi connectivity index (χ3v) is 7.39. The first-order valence-corrected chi connectivity index (χ1v) is 12.7. The molecule has 0 saturated heterocycles. The van der Waals surface area contributed by atoms with Crippen LogP contribution < -0.4 is 10.6 Å². The number of hydrogen-bond acceptors (Lipinski definition) is 2. The van der Waals surface area contributed by atoms with E-state index in [1.165, 1.54) is 11.1 Å². The molecule has 182 valence electrons. The van der Waals surface area contributed by atoms with Gasteiger partial charge in [-0.2, -0.15) is 0 Å². The van der Waals surface area contributed by atoms with E-state index in [1.54, 1.807) is 0 Å². The predicted octanol–water partition coefficient (Wildman–Crippen LogP) is 6.38. The first kappa shape index (κ1) is 24.7. The standard InChI is InChI=1S/C31H36N2O2/c1-21-13-16-27(19-22(21)2)30(34)32-20-24-14-17-26(18-15-24)28-11-7-8-12-29(28)31(35)33-23(3)25-9-5-4-6-10-25/h4-6,9-10,13-19,23,28-29H,7-8,11-12,20H2,1-3H3,(H,32,34)(H,33,35)/t23?,28?,29-/m0/s1. The van der Waals surface area contributed by atoms with Gasteiger partial charge >= 0.3 is 0 Å². The average Bonchev–Trinajstić information content (AvgIpc) is 2.89. The van der Waals surface area contributed by atoms with E-state index in [1.807, 2.05) is 57.2 Å². The maximum Gasteiger partial charge on any atom is 0.251 e. The zero-order valence-electron chi connectivity index (χ0n) is 21.0. The summed E-state index contributed by atoms with van der Waals surface area (Å²) >= 11 is 0. The maximum atomic E-state index is 13.2. The van der Waals surface area contributed by atoms with E-state index >= 15 is 0 Å². The summed E-state index contributed by atoms with van der Waals surface area (Å²) in [4.78, 5) is 25.8. The first-order chi connectivity index (χ1) is 16.9. The Kier molecular flexibility index (Phi) is 8.02. The summed E-state index contributed by atoms with van der Waals surface area (Å²) < 4.78 is 0. The summed E-state index contributed by atoms with van der Waals surface area (Å²) in [5, 5.41) is 6.27. The highest BCUT2D eigenvalue weighted by Crippen LogP contribution is 2.38. The number of carbonyl (C=O) groups excluding carboxylic acids is 2. The Hall–Kier alpha value is -3.40. The lowest BCUT2D eigenvalue weighted by molar-refractivity contribution is -0.127. The van der Waals surface area contributed by atoms with Gasteiger partial charge in [-0.1, -0.05) is 73.5 Å². The molecular formula is C31H36N2O2. The molecular weight excluding hydrogens is 432 g/mol. The van der Waals surface area contributed by atoms with Crippen molar-refractivity contribution in [2.75, 3.05) is 0 Å². The molecule has 0 aliphatic heterocycles. The van der Waals surface area contributed by atoms with Gasteiger partial charge in [0.05, 0.1) is 6.04 Å². The molecule has 3 atom stereocenters. The molecule has 2 amide bonds. The van der Waals surface area contributed by atoms with Crippen LogP contribution in [-0.4, -0.2) is 11.8 Å². The molecule has 0 aromatic heterocycles. The average molecular weight is 469 g/mol. The molecule has 4 rings (SSSR count). The number of hydrogen-bond donors (Lipinski definition) is 2. The van der Waals surface area contributed by atoms with Gasteiger partial charge in [0, 0.05) is 18.0 Å². The molecule has 1 saturated carbocycles. The number of benzene rings is 3. The van der Waals surface area contributed by atoms with Crippen molar-refractivity contribution in [3.63, 3.8) is 0 Å². The molecule has 3 aromatic carbocycles. The number of aryl methyl sites for hydroxylation is 2. The Morgan fingerprint density at radius 2 is 1.60 bits per heavy atom. The summed E-state index contributed by atoms with van der Waals surface area (Å²) in [7, 11) is 0. The van der Waals surface area contributed by atoms with Crippen molar-refractivity contribution in [3.8, 4) is 0 Å². The largest absolute Gasteiger partial charge is 0.349 e. The lowest BCUT2D eigenvalue weighted by atomic mass is 9.75. The van der Waals surface area contributed by atoms with Gasteiger partial charge in [-0.05, 0) is 79.5 Å². The van der Waals surface area contributed by atoms with Crippen LogP contribution in [0.15, 0.2) is 72.8 Å². The molecule has 0 radical (unpaired) electrons. The van der Waals surface area contributed by atoms with Crippen LogP contribution in [0, 0.1) is 19.8 Å². The molecule has 4 nitrogen and oxygen atoms in total. The third kappa shape index (κ3) is 6.19. The second-order valence-corrected chi connectivity index (χ2v) is 9.86. The van der Waals surface area contributed by atoms with E-state index in [0.29, 0.717) is 12.1 Å². The molecule has 1 aliphatic carbocycles. The minimum atomic E-state index is -0.0614. The summed E-state index contributed by atoms with van der Waals surface area (Å²) in [6, 6.07) is 24.3. The highest BCUT2D eigenvalue weighted by atomic mass is 16.2. The Bertz CT molecular complexity index is 1150. The van der Waals surface area contributed by atoms with Crippen molar-refractivity contribution in [3.05, 3.63) is 106 Å². The maximum absolute atomic E-state index is 13.2. The Morgan fingerprint density at radius 1 is 0.886 bits per heavy atom. The molecule has 3 aromatic rings. The van der Waals surface area contributed by atoms with Crippen LogP contribution in [0.5, 0.6) is 0 Å². The topological polar surface area (TPSA) is 58.2 Å². The van der Waals surface area contributed by atoms with E-state index < -0.39 is 0 Å². The number of carbonyl (C=O) groups is 2. The van der Waals surface area contributed by atoms with E-state index in [-0.39, 0.29) is 29.7 Å². The molecule has 0 spiro atoms. The van der Waals surface area contributed by atoms with Crippen LogP contribution >= 0.6 is 0 Å². The summed E-state index contributed by atoms with van der Waals surface area (Å²) in [5.74, 6) is 0.306. The first-order valence-electron chi connectivity index (χ1n) is 12.7. The lowest BCUT2D eigenvalue weighted by Crippen LogP contribution is -2.37. The fourth-order valence-electron chi connectivity index (χ4n) is 5.04. The van der Waals surface area contributed by atoms with Crippen LogP contribution in [-0.2, 0) is 11.3 Å². The SMILES string of the molecule is Cc1ccc(C(=O)NCc2ccc(C3CCCC[C@@H]3C(=O)NC(C)c3ccccc3)cc2)cc1C. The van der Waals surface area contributed by atoms with Crippen LogP contribution in [0.2, 0.25) is 0 Å². The van der Waals surface area contributed by atoms with Crippen molar-refractivity contribution >= 4 is 11.8 Å². The molecule has 4 heteroatoms. The fourth-order valence-corrected chi connectivity index (χ4v) is 5.04. The zero-order valence-corrected chi connectivity index (χ0v) is 21.0. The minimum absolute atomic E-state index is 0.00502. The molecule has 2 N–H and O–H groups in total. The van der Waals surface area contributed by atoms with Gasteiger partial charge in [-0.25, -0.2) is 0 Å². The molecule has 35 heavy (non-hydrogen) atoms. The van der Waals surface area contributed by atoms with Gasteiger partial charge in [0.15, 0.2) is 0 Å². The highest BCUT2D eigenvalue weighted by Gasteiger charge is 2.32. The second-order valence-electron chi connectivity index (χ2n) is 9.86. The van der Waals surface area contributed by atoms with E-state index in [0.717, 1.165) is 42.4 Å². The summed E-state index contributed by atoms with van der Waals surface area (Å²) in [5.41, 5.74) is 6.38. The quantitative estimate of drug-likeness (QED) is 0.422. The second kappa shape index (κ2) is 11.4.